The largest absolute Gasteiger partial charge is 0.480 e. The lowest BCUT2D eigenvalue weighted by molar-refractivity contribution is -0.160. The molecule has 4 nitrogen and oxygen atoms in total. The standard InChI is InChI=1S/C11H18F3NO3/c1-3-4-7(2)5-9(16)15-8(10(17)18)6-11(12,13)14/h7-8H,3-6H2,1-2H3,(H,15,16)(H,17,18). The average Bonchev–Trinajstić information content (AvgIpc) is 2.14. The molecule has 0 radical (unpaired) electrons. The van der Waals surface area contributed by atoms with Gasteiger partial charge in [0.05, 0.1) is 6.42 Å². The molecule has 2 unspecified atom stereocenters. The van der Waals surface area contributed by atoms with Gasteiger partial charge in [0.25, 0.3) is 0 Å². The minimum atomic E-state index is -4.62. The second-order valence-electron chi connectivity index (χ2n) is 4.38. The van der Waals surface area contributed by atoms with Gasteiger partial charge < -0.3 is 10.4 Å². The molecule has 7 heteroatoms. The molecule has 0 aliphatic carbocycles. The second-order valence-corrected chi connectivity index (χ2v) is 4.38. The second kappa shape index (κ2) is 7.23. The highest BCUT2D eigenvalue weighted by molar-refractivity contribution is 5.83. The van der Waals surface area contributed by atoms with Crippen LogP contribution >= 0.6 is 0 Å². The molecule has 0 aromatic heterocycles. The predicted octanol–water partition coefficient (Wildman–Crippen LogP) is 2.33. The number of halogens is 3. The molecular weight excluding hydrogens is 251 g/mol. The lowest BCUT2D eigenvalue weighted by Crippen LogP contribution is -2.43. The van der Waals surface area contributed by atoms with Crippen molar-refractivity contribution in [1.29, 1.82) is 0 Å². The fourth-order valence-corrected chi connectivity index (χ4v) is 1.60. The van der Waals surface area contributed by atoms with Crippen LogP contribution in [0.1, 0.15) is 39.5 Å². The first-order valence-electron chi connectivity index (χ1n) is 5.74. The molecule has 0 aromatic rings. The molecule has 2 N–H and O–H groups in total. The van der Waals surface area contributed by atoms with Crippen LogP contribution in [0.2, 0.25) is 0 Å². The maximum atomic E-state index is 12.1. The van der Waals surface area contributed by atoms with Crippen LogP contribution in [0.3, 0.4) is 0 Å². The third kappa shape index (κ3) is 7.92. The zero-order valence-electron chi connectivity index (χ0n) is 10.4. The molecule has 0 heterocycles. The molecule has 0 saturated heterocycles. The summed E-state index contributed by atoms with van der Waals surface area (Å²) < 4.78 is 36.3. The number of hydrogen-bond donors (Lipinski definition) is 2. The van der Waals surface area contributed by atoms with Crippen molar-refractivity contribution in [1.82, 2.24) is 5.32 Å². The Balaban J connectivity index is 4.33. The Labute approximate surface area is 104 Å². The molecule has 18 heavy (non-hydrogen) atoms. The number of carbonyl (C=O) groups excluding carboxylic acids is 1. The summed E-state index contributed by atoms with van der Waals surface area (Å²) >= 11 is 0. The first-order valence-corrected chi connectivity index (χ1v) is 5.74. The molecule has 0 aromatic carbocycles. The van der Waals surface area contributed by atoms with E-state index in [1.165, 1.54) is 0 Å². The molecule has 0 spiro atoms. The van der Waals surface area contributed by atoms with E-state index in [1.807, 2.05) is 12.2 Å². The van der Waals surface area contributed by atoms with Crippen LogP contribution in [0, 0.1) is 5.92 Å². The molecule has 106 valence electrons. The molecule has 0 fully saturated rings. The monoisotopic (exact) mass is 269 g/mol. The zero-order valence-corrected chi connectivity index (χ0v) is 10.4. The Hall–Kier alpha value is -1.27. The lowest BCUT2D eigenvalue weighted by Gasteiger charge is -2.17. The van der Waals surface area contributed by atoms with E-state index in [0.717, 1.165) is 12.8 Å². The summed E-state index contributed by atoms with van der Waals surface area (Å²) in [5, 5.41) is 10.5. The number of rotatable bonds is 7. The van der Waals surface area contributed by atoms with Gasteiger partial charge >= 0.3 is 12.1 Å². The maximum absolute atomic E-state index is 12.1. The van der Waals surface area contributed by atoms with Gasteiger partial charge in [-0.3, -0.25) is 4.79 Å². The summed E-state index contributed by atoms with van der Waals surface area (Å²) in [5.41, 5.74) is 0. The summed E-state index contributed by atoms with van der Waals surface area (Å²) in [4.78, 5) is 22.0. The van der Waals surface area contributed by atoms with E-state index in [-0.39, 0.29) is 12.3 Å². The summed E-state index contributed by atoms with van der Waals surface area (Å²) in [6.45, 7) is 3.72. The van der Waals surface area contributed by atoms with Crippen molar-refractivity contribution >= 4 is 11.9 Å². The highest BCUT2D eigenvalue weighted by Crippen LogP contribution is 2.22. The van der Waals surface area contributed by atoms with Gasteiger partial charge in [-0.25, -0.2) is 4.79 Å². The van der Waals surface area contributed by atoms with Crippen LogP contribution < -0.4 is 5.32 Å². The molecular formula is C11H18F3NO3. The van der Waals surface area contributed by atoms with E-state index >= 15 is 0 Å². The molecule has 0 aliphatic heterocycles. The van der Waals surface area contributed by atoms with E-state index < -0.39 is 30.5 Å². The van der Waals surface area contributed by atoms with E-state index in [9.17, 15) is 22.8 Å². The van der Waals surface area contributed by atoms with Crippen molar-refractivity contribution in [2.75, 3.05) is 0 Å². The number of carboxylic acids is 1. The molecule has 1 amide bonds. The van der Waals surface area contributed by atoms with E-state index in [1.54, 1.807) is 6.92 Å². The number of carboxylic acid groups (broad SMARTS) is 1. The van der Waals surface area contributed by atoms with E-state index in [0.29, 0.717) is 0 Å². The number of alkyl halides is 3. The van der Waals surface area contributed by atoms with Crippen molar-refractivity contribution in [3.8, 4) is 0 Å². The SMILES string of the molecule is CCCC(C)CC(=O)NC(CC(F)(F)F)C(=O)O. The third-order valence-electron chi connectivity index (χ3n) is 2.38. The minimum Gasteiger partial charge on any atom is -0.480 e. The lowest BCUT2D eigenvalue weighted by atomic mass is 10.0. The summed E-state index contributed by atoms with van der Waals surface area (Å²) in [5.74, 6) is -2.31. The third-order valence-corrected chi connectivity index (χ3v) is 2.38. The summed E-state index contributed by atoms with van der Waals surface area (Å²) in [6, 6.07) is -1.91. The molecule has 2 atom stereocenters. The number of nitrogens with one attached hydrogen (secondary N) is 1. The van der Waals surface area contributed by atoms with Crippen molar-refractivity contribution in [3.63, 3.8) is 0 Å². The van der Waals surface area contributed by atoms with Gasteiger partial charge in [-0.15, -0.1) is 0 Å². The molecule has 0 aliphatic rings. The van der Waals surface area contributed by atoms with Gasteiger partial charge in [0.2, 0.25) is 5.91 Å². The first-order chi connectivity index (χ1) is 8.15. The minimum absolute atomic E-state index is 0.0235. The average molecular weight is 269 g/mol. The van der Waals surface area contributed by atoms with E-state index in [2.05, 4.69) is 0 Å². The predicted molar refractivity (Wildman–Crippen MR) is 58.9 cm³/mol. The Kier molecular flexibility index (Phi) is 6.72. The topological polar surface area (TPSA) is 66.4 Å². The Morgan fingerprint density at radius 2 is 1.89 bits per heavy atom. The number of carbonyl (C=O) groups is 2. The molecule has 0 saturated carbocycles. The number of hydrogen-bond acceptors (Lipinski definition) is 2. The van der Waals surface area contributed by atoms with Gasteiger partial charge in [0.15, 0.2) is 0 Å². The Morgan fingerprint density at radius 3 is 2.28 bits per heavy atom. The normalized spacial score (nSPS) is 14.9. The van der Waals surface area contributed by atoms with Gasteiger partial charge in [-0.1, -0.05) is 26.7 Å². The first kappa shape index (κ1) is 16.7. The quantitative estimate of drug-likeness (QED) is 0.745. The van der Waals surface area contributed by atoms with E-state index in [4.69, 9.17) is 5.11 Å². The van der Waals surface area contributed by atoms with Crippen LogP contribution in [-0.4, -0.2) is 29.2 Å². The summed E-state index contributed by atoms with van der Waals surface area (Å²) in [6.07, 6.45) is -4.51. The van der Waals surface area contributed by atoms with Crippen molar-refractivity contribution < 1.29 is 27.9 Å². The van der Waals surface area contributed by atoms with Crippen LogP contribution in [0.5, 0.6) is 0 Å². The smallest absolute Gasteiger partial charge is 0.391 e. The maximum Gasteiger partial charge on any atom is 0.391 e. The van der Waals surface area contributed by atoms with Crippen LogP contribution in [0.15, 0.2) is 0 Å². The van der Waals surface area contributed by atoms with Crippen LogP contribution in [0.25, 0.3) is 0 Å². The highest BCUT2D eigenvalue weighted by atomic mass is 19.4. The van der Waals surface area contributed by atoms with Gasteiger partial charge in [0.1, 0.15) is 6.04 Å². The summed E-state index contributed by atoms with van der Waals surface area (Å²) in [7, 11) is 0. The van der Waals surface area contributed by atoms with Crippen LogP contribution in [-0.2, 0) is 9.59 Å². The highest BCUT2D eigenvalue weighted by Gasteiger charge is 2.36. The fourth-order valence-electron chi connectivity index (χ4n) is 1.60. The number of amides is 1. The molecule has 0 rings (SSSR count). The molecule has 0 bridgehead atoms. The van der Waals surface area contributed by atoms with Crippen molar-refractivity contribution in [2.24, 2.45) is 5.92 Å². The van der Waals surface area contributed by atoms with Gasteiger partial charge in [-0.05, 0) is 5.92 Å². The zero-order chi connectivity index (χ0) is 14.3. The van der Waals surface area contributed by atoms with Crippen molar-refractivity contribution in [2.45, 2.75) is 51.7 Å². The van der Waals surface area contributed by atoms with Gasteiger partial charge in [-0.2, -0.15) is 13.2 Å². The number of aliphatic carboxylic acids is 1. The van der Waals surface area contributed by atoms with Crippen molar-refractivity contribution in [3.05, 3.63) is 0 Å². The van der Waals surface area contributed by atoms with Crippen LogP contribution in [0.4, 0.5) is 13.2 Å². The fraction of sp³-hybridized carbons (Fsp3) is 0.818. The van der Waals surface area contributed by atoms with Gasteiger partial charge in [0, 0.05) is 6.42 Å². The Morgan fingerprint density at radius 1 is 1.33 bits per heavy atom. The Bertz CT molecular complexity index is 292.